The van der Waals surface area contributed by atoms with Crippen molar-refractivity contribution in [3.63, 3.8) is 0 Å². The van der Waals surface area contributed by atoms with Crippen molar-refractivity contribution >= 4 is 11.7 Å². The second-order valence-electron chi connectivity index (χ2n) is 6.35. The lowest BCUT2D eigenvalue weighted by Gasteiger charge is -2.21. The number of carbonyl (C=O) groups excluding carboxylic acids is 1. The molecule has 2 amide bonds. The number of urea groups is 1. The number of benzene rings is 1. The molecule has 0 bridgehead atoms. The van der Waals surface area contributed by atoms with E-state index in [1.807, 2.05) is 44.2 Å². The second-order valence-corrected chi connectivity index (χ2v) is 6.35. The Hall–Kier alpha value is -2.34. The van der Waals surface area contributed by atoms with Crippen LogP contribution in [0.5, 0.6) is 0 Å². The molecule has 2 rings (SSSR count). The molecule has 124 valence electrons. The maximum Gasteiger partial charge on any atom is 0.319 e. The monoisotopic (exact) mass is 316 g/mol. The van der Waals surface area contributed by atoms with Gasteiger partial charge in [0.1, 0.15) is 0 Å². The number of nitrogens with zero attached hydrogens (tertiary/aromatic N) is 1. The summed E-state index contributed by atoms with van der Waals surface area (Å²) in [5, 5.41) is 21.6. The molecule has 0 atom stereocenters. The van der Waals surface area contributed by atoms with E-state index in [2.05, 4.69) is 20.8 Å². The maximum absolute atomic E-state index is 11.8. The van der Waals surface area contributed by atoms with Gasteiger partial charge in [-0.3, -0.25) is 5.10 Å². The van der Waals surface area contributed by atoms with Crippen LogP contribution in [0.1, 0.15) is 26.7 Å². The zero-order valence-corrected chi connectivity index (χ0v) is 13.6. The van der Waals surface area contributed by atoms with Gasteiger partial charge in [0, 0.05) is 25.0 Å². The zero-order chi connectivity index (χ0) is 16.7. The van der Waals surface area contributed by atoms with E-state index in [1.165, 1.54) is 0 Å². The van der Waals surface area contributed by atoms with Crippen molar-refractivity contribution in [2.75, 3.05) is 18.5 Å². The zero-order valence-electron chi connectivity index (χ0n) is 13.6. The molecule has 0 radical (unpaired) electrons. The average molecular weight is 316 g/mol. The van der Waals surface area contributed by atoms with Gasteiger partial charge in [0.05, 0.1) is 5.69 Å². The molecule has 0 fully saturated rings. The van der Waals surface area contributed by atoms with E-state index in [0.717, 1.165) is 29.8 Å². The average Bonchev–Trinajstić information content (AvgIpc) is 3.07. The van der Waals surface area contributed by atoms with Gasteiger partial charge in [0.25, 0.3) is 0 Å². The molecule has 1 aromatic carbocycles. The Morgan fingerprint density at radius 2 is 2.00 bits per heavy atom. The molecule has 0 spiro atoms. The summed E-state index contributed by atoms with van der Waals surface area (Å²) in [6.45, 7) is 4.76. The highest BCUT2D eigenvalue weighted by Gasteiger charge is 2.15. The predicted molar refractivity (Wildman–Crippen MR) is 91.1 cm³/mol. The van der Waals surface area contributed by atoms with Crippen molar-refractivity contribution < 1.29 is 9.90 Å². The fourth-order valence-corrected chi connectivity index (χ4v) is 2.17. The molecule has 23 heavy (non-hydrogen) atoms. The second kappa shape index (κ2) is 7.78. The normalized spacial score (nSPS) is 11.3. The summed E-state index contributed by atoms with van der Waals surface area (Å²) in [7, 11) is 0. The number of nitrogens with one attached hydrogen (secondary N) is 3. The topological polar surface area (TPSA) is 90.0 Å². The van der Waals surface area contributed by atoms with Crippen molar-refractivity contribution in [3.8, 4) is 11.3 Å². The smallest absolute Gasteiger partial charge is 0.319 e. The summed E-state index contributed by atoms with van der Waals surface area (Å²) in [4.78, 5) is 11.8. The van der Waals surface area contributed by atoms with E-state index < -0.39 is 0 Å². The highest BCUT2D eigenvalue weighted by atomic mass is 16.3. The Morgan fingerprint density at radius 3 is 2.61 bits per heavy atom. The van der Waals surface area contributed by atoms with Crippen molar-refractivity contribution in [2.24, 2.45) is 5.41 Å². The Labute approximate surface area is 136 Å². The van der Waals surface area contributed by atoms with Crippen LogP contribution in [0.4, 0.5) is 10.5 Å². The van der Waals surface area contributed by atoms with Crippen LogP contribution in [0.25, 0.3) is 11.3 Å². The molecule has 1 heterocycles. The number of hydrogen-bond donors (Lipinski definition) is 4. The van der Waals surface area contributed by atoms with Crippen molar-refractivity contribution in [1.29, 1.82) is 0 Å². The van der Waals surface area contributed by atoms with E-state index in [1.54, 1.807) is 6.20 Å². The summed E-state index contributed by atoms with van der Waals surface area (Å²) >= 11 is 0. The molecule has 4 N–H and O–H groups in total. The van der Waals surface area contributed by atoms with Gasteiger partial charge >= 0.3 is 6.03 Å². The highest BCUT2D eigenvalue weighted by molar-refractivity contribution is 5.89. The fraction of sp³-hybridized carbons (Fsp3) is 0.412. The highest BCUT2D eigenvalue weighted by Crippen LogP contribution is 2.20. The van der Waals surface area contributed by atoms with Crippen LogP contribution in [-0.4, -0.2) is 34.5 Å². The standard InChI is InChI=1S/C17H24N4O2/c1-17(2,12-22)9-3-10-18-16(23)20-14-6-4-13(5-7-14)15-8-11-19-21-15/h4-8,11,22H,3,9-10,12H2,1-2H3,(H,19,21)(H2,18,20,23). The van der Waals surface area contributed by atoms with Gasteiger partial charge in [-0.15, -0.1) is 0 Å². The van der Waals surface area contributed by atoms with Crippen molar-refractivity contribution in [2.45, 2.75) is 26.7 Å². The van der Waals surface area contributed by atoms with Gasteiger partial charge in [-0.25, -0.2) is 4.79 Å². The van der Waals surface area contributed by atoms with Gasteiger partial charge in [0.15, 0.2) is 0 Å². The first-order chi connectivity index (χ1) is 11.0. The Bertz CT molecular complexity index is 606. The Balaban J connectivity index is 1.75. The first-order valence-corrected chi connectivity index (χ1v) is 7.76. The Morgan fingerprint density at radius 1 is 1.26 bits per heavy atom. The third-order valence-corrected chi connectivity index (χ3v) is 3.70. The van der Waals surface area contributed by atoms with Gasteiger partial charge < -0.3 is 15.7 Å². The first kappa shape index (κ1) is 17.0. The van der Waals surface area contributed by atoms with E-state index in [-0.39, 0.29) is 18.1 Å². The lowest BCUT2D eigenvalue weighted by atomic mass is 9.89. The van der Waals surface area contributed by atoms with E-state index in [0.29, 0.717) is 6.54 Å². The fourth-order valence-electron chi connectivity index (χ4n) is 2.17. The van der Waals surface area contributed by atoms with Crippen LogP contribution in [0.3, 0.4) is 0 Å². The molecule has 1 aromatic heterocycles. The van der Waals surface area contributed by atoms with Crippen molar-refractivity contribution in [3.05, 3.63) is 36.5 Å². The summed E-state index contributed by atoms with van der Waals surface area (Å²) in [5.74, 6) is 0. The third-order valence-electron chi connectivity index (χ3n) is 3.70. The van der Waals surface area contributed by atoms with Gasteiger partial charge in [-0.1, -0.05) is 26.0 Å². The molecular weight excluding hydrogens is 292 g/mol. The molecule has 0 aliphatic carbocycles. The van der Waals surface area contributed by atoms with E-state index >= 15 is 0 Å². The quantitative estimate of drug-likeness (QED) is 0.592. The number of H-pyrrole nitrogens is 1. The number of rotatable bonds is 7. The maximum atomic E-state index is 11.8. The number of aromatic amines is 1. The largest absolute Gasteiger partial charge is 0.396 e. The van der Waals surface area contributed by atoms with Crippen LogP contribution < -0.4 is 10.6 Å². The molecule has 0 saturated carbocycles. The van der Waals surface area contributed by atoms with Crippen LogP contribution >= 0.6 is 0 Å². The number of carbonyl (C=O) groups is 1. The third kappa shape index (κ3) is 5.41. The summed E-state index contributed by atoms with van der Waals surface area (Å²) in [5.41, 5.74) is 2.59. The number of anilines is 1. The van der Waals surface area contributed by atoms with E-state index in [9.17, 15) is 9.90 Å². The SMILES string of the molecule is CC(C)(CO)CCCNC(=O)Nc1ccc(-c2ccn[nH]2)cc1. The van der Waals surface area contributed by atoms with Crippen LogP contribution in [-0.2, 0) is 0 Å². The lowest BCUT2D eigenvalue weighted by Crippen LogP contribution is -2.30. The molecule has 0 saturated heterocycles. The van der Waals surface area contributed by atoms with Gasteiger partial charge in [0.2, 0.25) is 0 Å². The lowest BCUT2D eigenvalue weighted by molar-refractivity contribution is 0.148. The molecule has 0 aliphatic heterocycles. The minimum atomic E-state index is -0.221. The predicted octanol–water partition coefficient (Wildman–Crippen LogP) is 3.00. The van der Waals surface area contributed by atoms with Crippen LogP contribution in [0.2, 0.25) is 0 Å². The number of aliphatic hydroxyl groups is 1. The molecule has 0 unspecified atom stereocenters. The van der Waals surface area contributed by atoms with Gasteiger partial charge in [-0.2, -0.15) is 5.10 Å². The van der Waals surface area contributed by atoms with E-state index in [4.69, 9.17) is 0 Å². The number of aliphatic hydroxyl groups excluding tert-OH is 1. The molecule has 0 aliphatic rings. The minimum absolute atomic E-state index is 0.0966. The molecule has 6 nitrogen and oxygen atoms in total. The van der Waals surface area contributed by atoms with Crippen LogP contribution in [0, 0.1) is 5.41 Å². The first-order valence-electron chi connectivity index (χ1n) is 7.76. The van der Waals surface area contributed by atoms with Gasteiger partial charge in [-0.05, 0) is 42.0 Å². The van der Waals surface area contributed by atoms with Crippen molar-refractivity contribution in [1.82, 2.24) is 15.5 Å². The molecular formula is C17H24N4O2. The number of amides is 2. The molecule has 6 heteroatoms. The number of hydrogen-bond acceptors (Lipinski definition) is 3. The summed E-state index contributed by atoms with van der Waals surface area (Å²) in [6, 6.07) is 9.22. The minimum Gasteiger partial charge on any atom is -0.396 e. The Kier molecular flexibility index (Phi) is 5.76. The summed E-state index contributed by atoms with van der Waals surface area (Å²) < 4.78 is 0. The summed E-state index contributed by atoms with van der Waals surface area (Å²) in [6.07, 6.45) is 3.40. The number of aromatic nitrogens is 2. The molecule has 2 aromatic rings. The van der Waals surface area contributed by atoms with Crippen LogP contribution in [0.15, 0.2) is 36.5 Å².